The monoisotopic (exact) mass is 324 g/mol. The van der Waals surface area contributed by atoms with Gasteiger partial charge in [-0.3, -0.25) is 4.72 Å². The lowest BCUT2D eigenvalue weighted by atomic mass is 10.2. The molecule has 0 radical (unpaired) electrons. The lowest BCUT2D eigenvalue weighted by molar-refractivity contribution is 0.603. The predicted octanol–water partition coefficient (Wildman–Crippen LogP) is 3.28. The number of aryl methyl sites for hydroxylation is 2. The highest BCUT2D eigenvalue weighted by molar-refractivity contribution is 7.94. The second-order valence-electron chi connectivity index (χ2n) is 4.92. The second kappa shape index (κ2) is 6.60. The van der Waals surface area contributed by atoms with E-state index in [9.17, 15) is 8.42 Å². The van der Waals surface area contributed by atoms with E-state index in [0.29, 0.717) is 16.4 Å². The zero-order valence-corrected chi connectivity index (χ0v) is 14.1. The number of hydrogen-bond donors (Lipinski definition) is 2. The zero-order chi connectivity index (χ0) is 15.5. The fraction of sp³-hybridized carbons (Fsp3) is 0.333. The SMILES string of the molecule is CCNCc1sc(S(=O)(=O)Nc2ccc(C)cc2)cc1C. The molecule has 4 nitrogen and oxygen atoms in total. The summed E-state index contributed by atoms with van der Waals surface area (Å²) in [6.45, 7) is 7.50. The summed E-state index contributed by atoms with van der Waals surface area (Å²) < 4.78 is 27.8. The number of benzene rings is 1. The van der Waals surface area contributed by atoms with Crippen molar-refractivity contribution in [3.63, 3.8) is 0 Å². The van der Waals surface area contributed by atoms with Crippen molar-refractivity contribution in [1.82, 2.24) is 5.32 Å². The van der Waals surface area contributed by atoms with Crippen molar-refractivity contribution >= 4 is 27.0 Å². The molecule has 2 aromatic rings. The van der Waals surface area contributed by atoms with Gasteiger partial charge in [-0.05, 0) is 44.2 Å². The highest BCUT2D eigenvalue weighted by Gasteiger charge is 2.18. The van der Waals surface area contributed by atoms with Gasteiger partial charge in [0.05, 0.1) is 0 Å². The van der Waals surface area contributed by atoms with E-state index < -0.39 is 10.0 Å². The summed E-state index contributed by atoms with van der Waals surface area (Å²) in [5.74, 6) is 0. The Kier molecular flexibility index (Phi) is 5.03. The maximum absolute atomic E-state index is 12.4. The molecule has 0 aliphatic carbocycles. The molecule has 2 rings (SSSR count). The van der Waals surface area contributed by atoms with E-state index in [1.165, 1.54) is 11.3 Å². The average molecular weight is 324 g/mol. The number of sulfonamides is 1. The normalized spacial score (nSPS) is 11.6. The van der Waals surface area contributed by atoms with Crippen LogP contribution in [0.1, 0.15) is 22.9 Å². The molecule has 6 heteroatoms. The van der Waals surface area contributed by atoms with Crippen LogP contribution in [0.4, 0.5) is 5.69 Å². The van der Waals surface area contributed by atoms with E-state index in [4.69, 9.17) is 0 Å². The summed E-state index contributed by atoms with van der Waals surface area (Å²) in [4.78, 5) is 1.06. The third-order valence-electron chi connectivity index (χ3n) is 3.10. The Morgan fingerprint density at radius 3 is 2.43 bits per heavy atom. The van der Waals surface area contributed by atoms with Crippen LogP contribution in [0.3, 0.4) is 0 Å². The number of thiophene rings is 1. The summed E-state index contributed by atoms with van der Waals surface area (Å²) in [5, 5.41) is 3.22. The Balaban J connectivity index is 2.21. The summed E-state index contributed by atoms with van der Waals surface area (Å²) in [5.41, 5.74) is 2.68. The average Bonchev–Trinajstić information content (AvgIpc) is 2.81. The van der Waals surface area contributed by atoms with Crippen molar-refractivity contribution in [1.29, 1.82) is 0 Å². The van der Waals surface area contributed by atoms with E-state index in [1.54, 1.807) is 18.2 Å². The Bertz CT molecular complexity index is 704. The molecule has 0 aliphatic heterocycles. The first kappa shape index (κ1) is 16.0. The highest BCUT2D eigenvalue weighted by Crippen LogP contribution is 2.27. The Morgan fingerprint density at radius 2 is 1.81 bits per heavy atom. The molecule has 0 saturated carbocycles. The zero-order valence-electron chi connectivity index (χ0n) is 12.4. The number of nitrogens with one attached hydrogen (secondary N) is 2. The van der Waals surface area contributed by atoms with Crippen molar-refractivity contribution in [3.8, 4) is 0 Å². The minimum absolute atomic E-state index is 0.355. The minimum Gasteiger partial charge on any atom is -0.312 e. The van der Waals surface area contributed by atoms with Crippen LogP contribution < -0.4 is 10.0 Å². The highest BCUT2D eigenvalue weighted by atomic mass is 32.2. The Hall–Kier alpha value is -1.37. The Morgan fingerprint density at radius 1 is 1.14 bits per heavy atom. The molecule has 1 heterocycles. The Labute approximate surface area is 130 Å². The van der Waals surface area contributed by atoms with Crippen molar-refractivity contribution in [2.45, 2.75) is 31.5 Å². The van der Waals surface area contributed by atoms with Gasteiger partial charge in [0.1, 0.15) is 4.21 Å². The third-order valence-corrected chi connectivity index (χ3v) is 6.19. The molecule has 0 bridgehead atoms. The molecule has 0 aliphatic rings. The van der Waals surface area contributed by atoms with Crippen molar-refractivity contribution in [3.05, 3.63) is 46.3 Å². The summed E-state index contributed by atoms with van der Waals surface area (Å²) in [6.07, 6.45) is 0. The quantitative estimate of drug-likeness (QED) is 0.857. The topological polar surface area (TPSA) is 58.2 Å². The molecular formula is C15H20N2O2S2. The van der Waals surface area contributed by atoms with Gasteiger partial charge in [0.15, 0.2) is 0 Å². The molecule has 0 spiro atoms. The van der Waals surface area contributed by atoms with Crippen LogP contribution in [0.2, 0.25) is 0 Å². The van der Waals surface area contributed by atoms with Gasteiger partial charge in [-0.15, -0.1) is 11.3 Å². The van der Waals surface area contributed by atoms with Crippen LogP contribution in [0.15, 0.2) is 34.5 Å². The van der Waals surface area contributed by atoms with E-state index in [1.807, 2.05) is 32.9 Å². The van der Waals surface area contributed by atoms with Crippen LogP contribution in [-0.2, 0) is 16.6 Å². The summed E-state index contributed by atoms with van der Waals surface area (Å²) in [6, 6.07) is 9.04. The van der Waals surface area contributed by atoms with Gasteiger partial charge in [0.2, 0.25) is 0 Å². The molecule has 0 fully saturated rings. The molecule has 1 aromatic heterocycles. The largest absolute Gasteiger partial charge is 0.312 e. The minimum atomic E-state index is -3.51. The first-order chi connectivity index (χ1) is 9.92. The first-order valence-corrected chi connectivity index (χ1v) is 9.12. The van der Waals surface area contributed by atoms with Gasteiger partial charge in [-0.1, -0.05) is 24.6 Å². The molecule has 2 N–H and O–H groups in total. The number of anilines is 1. The van der Waals surface area contributed by atoms with Gasteiger partial charge < -0.3 is 5.32 Å². The van der Waals surface area contributed by atoms with Crippen LogP contribution in [0.5, 0.6) is 0 Å². The van der Waals surface area contributed by atoms with Crippen LogP contribution in [-0.4, -0.2) is 15.0 Å². The van der Waals surface area contributed by atoms with Gasteiger partial charge in [-0.2, -0.15) is 0 Å². The van der Waals surface area contributed by atoms with Gasteiger partial charge in [0, 0.05) is 17.1 Å². The fourth-order valence-electron chi connectivity index (χ4n) is 1.86. The molecule has 114 valence electrons. The van der Waals surface area contributed by atoms with Gasteiger partial charge in [-0.25, -0.2) is 8.42 Å². The smallest absolute Gasteiger partial charge is 0.271 e. The standard InChI is InChI=1S/C15H20N2O2S2/c1-4-16-10-14-12(3)9-15(20-14)21(18,19)17-13-7-5-11(2)6-8-13/h5-9,16-17H,4,10H2,1-3H3. The first-order valence-electron chi connectivity index (χ1n) is 6.82. The number of hydrogen-bond acceptors (Lipinski definition) is 4. The van der Waals surface area contributed by atoms with Crippen molar-refractivity contribution < 1.29 is 8.42 Å². The van der Waals surface area contributed by atoms with Crippen LogP contribution in [0, 0.1) is 13.8 Å². The van der Waals surface area contributed by atoms with E-state index in [2.05, 4.69) is 10.0 Å². The lowest BCUT2D eigenvalue weighted by Crippen LogP contribution is -2.11. The maximum atomic E-state index is 12.4. The van der Waals surface area contributed by atoms with E-state index >= 15 is 0 Å². The fourth-order valence-corrected chi connectivity index (χ4v) is 4.48. The molecule has 0 saturated heterocycles. The van der Waals surface area contributed by atoms with Crippen molar-refractivity contribution in [2.75, 3.05) is 11.3 Å². The summed E-state index contributed by atoms with van der Waals surface area (Å²) in [7, 11) is -3.51. The van der Waals surface area contributed by atoms with Gasteiger partial charge in [0.25, 0.3) is 10.0 Å². The molecule has 0 amide bonds. The van der Waals surface area contributed by atoms with E-state index in [-0.39, 0.29) is 0 Å². The van der Waals surface area contributed by atoms with Crippen LogP contribution in [0.25, 0.3) is 0 Å². The third kappa shape index (κ3) is 4.06. The van der Waals surface area contributed by atoms with Gasteiger partial charge >= 0.3 is 0 Å². The number of rotatable bonds is 6. The second-order valence-corrected chi connectivity index (χ2v) is 7.97. The molecule has 0 unspecified atom stereocenters. The lowest BCUT2D eigenvalue weighted by Gasteiger charge is -2.06. The predicted molar refractivity (Wildman–Crippen MR) is 88.4 cm³/mol. The molecule has 0 atom stereocenters. The van der Waals surface area contributed by atoms with Crippen molar-refractivity contribution in [2.24, 2.45) is 0 Å². The molecule has 1 aromatic carbocycles. The summed E-state index contributed by atoms with van der Waals surface area (Å²) >= 11 is 1.32. The maximum Gasteiger partial charge on any atom is 0.271 e. The van der Waals surface area contributed by atoms with E-state index in [0.717, 1.165) is 22.5 Å². The van der Waals surface area contributed by atoms with Crippen LogP contribution >= 0.6 is 11.3 Å². The molecular weight excluding hydrogens is 304 g/mol. The molecule has 21 heavy (non-hydrogen) atoms.